The van der Waals surface area contributed by atoms with Crippen LogP contribution in [0, 0.1) is 11.8 Å². The van der Waals surface area contributed by atoms with Crippen molar-refractivity contribution < 1.29 is 4.79 Å². The molecule has 6 heteroatoms. The monoisotopic (exact) mass is 269 g/mol. The van der Waals surface area contributed by atoms with Crippen LogP contribution in [0.4, 0.5) is 0 Å². The van der Waals surface area contributed by atoms with Crippen LogP contribution in [-0.2, 0) is 6.54 Å². The molecule has 6 nitrogen and oxygen atoms in total. The van der Waals surface area contributed by atoms with Crippen molar-refractivity contribution in [1.82, 2.24) is 20.1 Å². The molecule has 0 radical (unpaired) electrons. The zero-order valence-electron chi connectivity index (χ0n) is 10.9. The van der Waals surface area contributed by atoms with Crippen molar-refractivity contribution in [3.8, 4) is 11.8 Å². The van der Waals surface area contributed by atoms with Crippen LogP contribution < -0.4 is 11.1 Å². The second kappa shape index (κ2) is 7.07. The molecule has 2 aromatic heterocycles. The molecule has 0 aliphatic carbocycles. The predicted octanol–water partition coefficient (Wildman–Crippen LogP) is 0.0183. The van der Waals surface area contributed by atoms with E-state index in [9.17, 15) is 4.79 Å². The van der Waals surface area contributed by atoms with Gasteiger partial charge in [0.05, 0.1) is 24.2 Å². The second-order valence-electron chi connectivity index (χ2n) is 3.95. The van der Waals surface area contributed by atoms with E-state index in [1.807, 2.05) is 12.3 Å². The van der Waals surface area contributed by atoms with E-state index < -0.39 is 0 Å². The van der Waals surface area contributed by atoms with Crippen LogP contribution in [0.15, 0.2) is 36.9 Å². The van der Waals surface area contributed by atoms with Gasteiger partial charge >= 0.3 is 0 Å². The summed E-state index contributed by atoms with van der Waals surface area (Å²) in [5, 5.41) is 6.89. The van der Waals surface area contributed by atoms with Crippen molar-refractivity contribution in [2.45, 2.75) is 6.54 Å². The van der Waals surface area contributed by atoms with Gasteiger partial charge in [-0.3, -0.25) is 14.5 Å². The smallest absolute Gasteiger partial charge is 0.252 e. The number of carbonyl (C=O) groups excluding carboxylic acids is 1. The molecule has 1 amide bonds. The number of hydrogen-bond donors (Lipinski definition) is 2. The van der Waals surface area contributed by atoms with E-state index in [1.54, 1.807) is 29.3 Å². The second-order valence-corrected chi connectivity index (χ2v) is 3.95. The lowest BCUT2D eigenvalue weighted by molar-refractivity contribution is 0.0951. The number of amides is 1. The number of hydrogen-bond acceptors (Lipinski definition) is 4. The highest BCUT2D eigenvalue weighted by atomic mass is 16.1. The highest BCUT2D eigenvalue weighted by molar-refractivity contribution is 5.96. The standard InChI is InChI=1S/C14H15N5O/c15-5-1-3-12-11-16-7-4-13(12)14(20)17-8-10-19-9-2-6-18-19/h2,4,6-7,9,11H,5,8,10,15H2,(H,17,20). The number of pyridine rings is 1. The van der Waals surface area contributed by atoms with Crippen molar-refractivity contribution in [3.63, 3.8) is 0 Å². The van der Waals surface area contributed by atoms with Crippen molar-refractivity contribution in [1.29, 1.82) is 0 Å². The summed E-state index contributed by atoms with van der Waals surface area (Å²) in [5.41, 5.74) is 6.41. The Morgan fingerprint density at radius 3 is 3.10 bits per heavy atom. The minimum absolute atomic E-state index is 0.180. The first-order valence-electron chi connectivity index (χ1n) is 6.20. The summed E-state index contributed by atoms with van der Waals surface area (Å²) >= 11 is 0. The minimum Gasteiger partial charge on any atom is -0.350 e. The van der Waals surface area contributed by atoms with Gasteiger partial charge in [-0.2, -0.15) is 5.10 Å². The molecular formula is C14H15N5O. The van der Waals surface area contributed by atoms with Crippen LogP contribution in [-0.4, -0.2) is 33.8 Å². The highest BCUT2D eigenvalue weighted by Gasteiger charge is 2.09. The van der Waals surface area contributed by atoms with Gasteiger partial charge in [0.25, 0.3) is 5.91 Å². The molecule has 2 aromatic rings. The molecule has 0 saturated carbocycles. The maximum absolute atomic E-state index is 12.1. The molecule has 0 aliphatic heterocycles. The van der Waals surface area contributed by atoms with Gasteiger partial charge in [-0.15, -0.1) is 0 Å². The molecular weight excluding hydrogens is 254 g/mol. The molecule has 0 saturated heterocycles. The molecule has 0 bridgehead atoms. The normalized spacial score (nSPS) is 9.65. The van der Waals surface area contributed by atoms with Gasteiger partial charge in [0.1, 0.15) is 0 Å². The Hall–Kier alpha value is -2.65. The topological polar surface area (TPSA) is 85.8 Å². The average molecular weight is 269 g/mol. The lowest BCUT2D eigenvalue weighted by atomic mass is 10.1. The van der Waals surface area contributed by atoms with Crippen molar-refractivity contribution in [2.24, 2.45) is 5.73 Å². The summed E-state index contributed by atoms with van der Waals surface area (Å²) < 4.78 is 1.75. The number of nitrogens with zero attached hydrogens (tertiary/aromatic N) is 3. The first-order chi connectivity index (χ1) is 9.81. The molecule has 0 fully saturated rings. The molecule has 20 heavy (non-hydrogen) atoms. The third-order valence-electron chi connectivity index (χ3n) is 2.58. The first-order valence-corrected chi connectivity index (χ1v) is 6.20. The number of nitrogens with two attached hydrogens (primary N) is 1. The Bertz CT molecular complexity index is 625. The summed E-state index contributed by atoms with van der Waals surface area (Å²) in [6.45, 7) is 1.36. The number of nitrogens with one attached hydrogen (secondary N) is 1. The fourth-order valence-corrected chi connectivity index (χ4v) is 1.65. The minimum atomic E-state index is -0.180. The van der Waals surface area contributed by atoms with Gasteiger partial charge in [-0.1, -0.05) is 11.8 Å². The Kier molecular flexibility index (Phi) is 4.87. The van der Waals surface area contributed by atoms with Crippen LogP contribution in [0.25, 0.3) is 0 Å². The van der Waals surface area contributed by atoms with E-state index in [1.165, 1.54) is 0 Å². The number of carbonyl (C=O) groups is 1. The maximum atomic E-state index is 12.1. The molecule has 0 aliphatic rings. The van der Waals surface area contributed by atoms with Crippen LogP contribution in [0.3, 0.4) is 0 Å². The molecule has 0 spiro atoms. The van der Waals surface area contributed by atoms with Crippen molar-refractivity contribution >= 4 is 5.91 Å². The van der Waals surface area contributed by atoms with Gasteiger partial charge in [0.15, 0.2) is 0 Å². The van der Waals surface area contributed by atoms with Gasteiger partial charge in [-0.05, 0) is 12.1 Å². The number of aromatic nitrogens is 3. The van der Waals surface area contributed by atoms with Gasteiger partial charge in [-0.25, -0.2) is 0 Å². The third-order valence-corrected chi connectivity index (χ3v) is 2.58. The Morgan fingerprint density at radius 1 is 1.45 bits per heavy atom. The van der Waals surface area contributed by atoms with Gasteiger partial charge in [0.2, 0.25) is 0 Å². The van der Waals surface area contributed by atoms with Gasteiger partial charge < -0.3 is 11.1 Å². The molecule has 0 aromatic carbocycles. The molecule has 0 atom stereocenters. The van der Waals surface area contributed by atoms with E-state index in [0.29, 0.717) is 24.2 Å². The first kappa shape index (κ1) is 13.8. The highest BCUT2D eigenvalue weighted by Crippen LogP contribution is 2.05. The summed E-state index contributed by atoms with van der Waals surface area (Å²) in [6.07, 6.45) is 6.67. The fourth-order valence-electron chi connectivity index (χ4n) is 1.65. The molecule has 2 heterocycles. The predicted molar refractivity (Wildman–Crippen MR) is 74.7 cm³/mol. The van der Waals surface area contributed by atoms with E-state index in [4.69, 9.17) is 5.73 Å². The molecule has 2 rings (SSSR count). The van der Waals surface area contributed by atoms with E-state index in [-0.39, 0.29) is 12.5 Å². The Labute approximate surface area is 117 Å². The van der Waals surface area contributed by atoms with Crippen LogP contribution in [0.5, 0.6) is 0 Å². The zero-order chi connectivity index (χ0) is 14.2. The summed E-state index contributed by atoms with van der Waals surface area (Å²) in [5.74, 6) is 5.38. The lowest BCUT2D eigenvalue weighted by Crippen LogP contribution is -2.28. The quantitative estimate of drug-likeness (QED) is 0.766. The largest absolute Gasteiger partial charge is 0.350 e. The Balaban J connectivity index is 1.98. The third kappa shape index (κ3) is 3.67. The Morgan fingerprint density at radius 2 is 2.35 bits per heavy atom. The molecule has 102 valence electrons. The van der Waals surface area contributed by atoms with Crippen molar-refractivity contribution in [3.05, 3.63) is 48.0 Å². The summed E-state index contributed by atoms with van der Waals surface area (Å²) in [6, 6.07) is 3.48. The fraction of sp³-hybridized carbons (Fsp3) is 0.214. The molecule has 3 N–H and O–H groups in total. The maximum Gasteiger partial charge on any atom is 0.252 e. The van der Waals surface area contributed by atoms with Crippen molar-refractivity contribution in [2.75, 3.05) is 13.1 Å². The van der Waals surface area contributed by atoms with Crippen LogP contribution >= 0.6 is 0 Å². The van der Waals surface area contributed by atoms with Crippen LogP contribution in [0.1, 0.15) is 15.9 Å². The molecule has 0 unspecified atom stereocenters. The SMILES string of the molecule is NCC#Cc1cnccc1C(=O)NCCn1cccn1. The van der Waals surface area contributed by atoms with Crippen LogP contribution in [0.2, 0.25) is 0 Å². The van der Waals surface area contributed by atoms with E-state index >= 15 is 0 Å². The number of rotatable bonds is 4. The summed E-state index contributed by atoms with van der Waals surface area (Å²) in [7, 11) is 0. The zero-order valence-corrected chi connectivity index (χ0v) is 10.9. The average Bonchev–Trinajstić information content (AvgIpc) is 2.98. The lowest BCUT2D eigenvalue weighted by Gasteiger charge is -2.06. The van der Waals surface area contributed by atoms with Gasteiger partial charge in [0, 0.05) is 31.3 Å². The van der Waals surface area contributed by atoms with E-state index in [2.05, 4.69) is 27.2 Å². The van der Waals surface area contributed by atoms with E-state index in [0.717, 1.165) is 0 Å². The summed E-state index contributed by atoms with van der Waals surface area (Å²) in [4.78, 5) is 16.1.